The number of hydrogen-bond donors (Lipinski definition) is 2. The molecule has 110 valence electrons. The van der Waals surface area contributed by atoms with Crippen molar-refractivity contribution in [3.8, 4) is 5.75 Å². The summed E-state index contributed by atoms with van der Waals surface area (Å²) in [7, 11) is 0. The van der Waals surface area contributed by atoms with Gasteiger partial charge in [-0.15, -0.1) is 5.10 Å². The van der Waals surface area contributed by atoms with Crippen LogP contribution in [0.2, 0.25) is 0 Å². The summed E-state index contributed by atoms with van der Waals surface area (Å²) in [5.74, 6) is 0.903. The molecule has 0 spiro atoms. The normalized spacial score (nSPS) is 16.2. The molecule has 0 saturated carbocycles. The summed E-state index contributed by atoms with van der Waals surface area (Å²) < 4.78 is 9.47. The van der Waals surface area contributed by atoms with Crippen molar-refractivity contribution in [3.63, 3.8) is 0 Å². The molecule has 1 unspecified atom stereocenters. The number of hydrogen-bond acceptors (Lipinski definition) is 5. The fraction of sp³-hybridized carbons (Fsp3) is 0.357. The number of benzene rings is 1. The number of ether oxygens (including phenoxy) is 1. The van der Waals surface area contributed by atoms with E-state index in [1.165, 1.54) is 11.5 Å². The average Bonchev–Trinajstić information content (AvgIpc) is 3.00. The Morgan fingerprint density at radius 3 is 3.14 bits per heavy atom. The first-order chi connectivity index (χ1) is 10.1. The van der Waals surface area contributed by atoms with Gasteiger partial charge in [0.05, 0.1) is 17.1 Å². The third kappa shape index (κ3) is 3.13. The van der Waals surface area contributed by atoms with E-state index in [1.807, 2.05) is 32.0 Å². The Hall–Kier alpha value is -2.15. The van der Waals surface area contributed by atoms with Crippen LogP contribution < -0.4 is 15.4 Å². The van der Waals surface area contributed by atoms with Crippen LogP contribution in [0.15, 0.2) is 18.2 Å². The van der Waals surface area contributed by atoms with Crippen LogP contribution in [0, 0.1) is 6.92 Å². The third-order valence-electron chi connectivity index (χ3n) is 3.31. The van der Waals surface area contributed by atoms with Crippen molar-refractivity contribution in [2.45, 2.75) is 32.9 Å². The van der Waals surface area contributed by atoms with Crippen molar-refractivity contribution in [1.82, 2.24) is 14.9 Å². The van der Waals surface area contributed by atoms with E-state index >= 15 is 0 Å². The van der Waals surface area contributed by atoms with Crippen LogP contribution in [-0.2, 0) is 13.0 Å². The summed E-state index contributed by atoms with van der Waals surface area (Å²) in [6.07, 6.45) is 1.07. The van der Waals surface area contributed by atoms with Gasteiger partial charge in [0.1, 0.15) is 11.9 Å². The molecule has 2 heterocycles. The minimum atomic E-state index is -0.241. The summed E-state index contributed by atoms with van der Waals surface area (Å²) in [5.41, 5.74) is 2.75. The van der Waals surface area contributed by atoms with E-state index in [0.29, 0.717) is 6.54 Å². The summed E-state index contributed by atoms with van der Waals surface area (Å²) in [5, 5.41) is 9.53. The molecule has 21 heavy (non-hydrogen) atoms. The molecule has 0 radical (unpaired) electrons. The molecule has 0 saturated heterocycles. The maximum absolute atomic E-state index is 11.9. The zero-order chi connectivity index (χ0) is 14.8. The molecule has 1 atom stereocenters. The zero-order valence-corrected chi connectivity index (χ0v) is 12.7. The second-order valence-electron chi connectivity index (χ2n) is 5.04. The first kappa shape index (κ1) is 13.8. The Labute approximate surface area is 126 Å². The minimum Gasteiger partial charge on any atom is -0.490 e. The van der Waals surface area contributed by atoms with Crippen molar-refractivity contribution in [3.05, 3.63) is 34.3 Å². The Morgan fingerprint density at radius 2 is 2.38 bits per heavy atom. The van der Waals surface area contributed by atoms with Gasteiger partial charge in [0.25, 0.3) is 0 Å². The topological polar surface area (TPSA) is 76.1 Å². The first-order valence-corrected chi connectivity index (χ1v) is 7.51. The Morgan fingerprint density at radius 1 is 1.52 bits per heavy atom. The lowest BCUT2D eigenvalue weighted by molar-refractivity contribution is 0.251. The van der Waals surface area contributed by atoms with Crippen LogP contribution >= 0.6 is 11.5 Å². The highest BCUT2D eigenvalue weighted by Gasteiger charge is 2.19. The molecule has 1 aromatic heterocycles. The maximum Gasteiger partial charge on any atom is 0.319 e. The maximum atomic E-state index is 11.9. The standard InChI is InChI=1S/C14H16N4O2S/c1-8-5-10-6-11(3-4-12(10)20-8)16-14(19)15-7-13-9(2)17-18-21-13/h3-4,6,8H,5,7H2,1-2H3,(H2,15,16,19). The molecule has 2 N–H and O–H groups in total. The largest absolute Gasteiger partial charge is 0.490 e. The lowest BCUT2D eigenvalue weighted by atomic mass is 10.1. The molecule has 1 aliphatic rings. The zero-order valence-electron chi connectivity index (χ0n) is 11.8. The van der Waals surface area contributed by atoms with Gasteiger partial charge in [0.2, 0.25) is 0 Å². The fourth-order valence-electron chi connectivity index (χ4n) is 2.25. The summed E-state index contributed by atoms with van der Waals surface area (Å²) in [6.45, 7) is 4.34. The monoisotopic (exact) mass is 304 g/mol. The van der Waals surface area contributed by atoms with Crippen LogP contribution in [0.25, 0.3) is 0 Å². The molecule has 0 bridgehead atoms. The summed E-state index contributed by atoms with van der Waals surface area (Å²) in [6, 6.07) is 5.45. The number of nitrogens with one attached hydrogen (secondary N) is 2. The van der Waals surface area contributed by atoms with Gasteiger partial charge < -0.3 is 15.4 Å². The second-order valence-corrected chi connectivity index (χ2v) is 5.88. The minimum absolute atomic E-state index is 0.200. The summed E-state index contributed by atoms with van der Waals surface area (Å²) >= 11 is 1.29. The quantitative estimate of drug-likeness (QED) is 0.913. The van der Waals surface area contributed by atoms with Gasteiger partial charge in [-0.25, -0.2) is 4.79 Å². The average molecular weight is 304 g/mol. The van der Waals surface area contributed by atoms with E-state index in [4.69, 9.17) is 4.74 Å². The molecule has 3 rings (SSSR count). The van der Waals surface area contributed by atoms with E-state index in [1.54, 1.807) is 0 Å². The molecule has 0 fully saturated rings. The number of urea groups is 1. The molecule has 2 amide bonds. The van der Waals surface area contributed by atoms with Crippen molar-refractivity contribution in [2.75, 3.05) is 5.32 Å². The SMILES string of the molecule is Cc1nnsc1CNC(=O)Nc1ccc2c(c1)CC(C)O2. The molecular weight excluding hydrogens is 288 g/mol. The van der Waals surface area contributed by atoms with Crippen molar-refractivity contribution in [1.29, 1.82) is 0 Å². The molecule has 2 aromatic rings. The van der Waals surface area contributed by atoms with E-state index in [9.17, 15) is 4.79 Å². The Balaban J connectivity index is 1.58. The lowest BCUT2D eigenvalue weighted by Crippen LogP contribution is -2.28. The highest BCUT2D eigenvalue weighted by Crippen LogP contribution is 2.30. The summed E-state index contributed by atoms with van der Waals surface area (Å²) in [4.78, 5) is 12.9. The smallest absolute Gasteiger partial charge is 0.319 e. The molecular formula is C14H16N4O2S. The van der Waals surface area contributed by atoms with Gasteiger partial charge in [0, 0.05) is 12.1 Å². The number of nitrogens with zero attached hydrogens (tertiary/aromatic N) is 2. The van der Waals surface area contributed by atoms with Crippen LogP contribution in [0.3, 0.4) is 0 Å². The van der Waals surface area contributed by atoms with Crippen LogP contribution in [0.5, 0.6) is 5.75 Å². The predicted molar refractivity (Wildman–Crippen MR) is 80.7 cm³/mol. The van der Waals surface area contributed by atoms with Gasteiger partial charge in [-0.2, -0.15) is 0 Å². The van der Waals surface area contributed by atoms with Crippen molar-refractivity contribution >= 4 is 23.3 Å². The van der Waals surface area contributed by atoms with Gasteiger partial charge in [-0.1, -0.05) is 4.49 Å². The number of amides is 2. The van der Waals surface area contributed by atoms with Gasteiger partial charge in [-0.3, -0.25) is 0 Å². The lowest BCUT2D eigenvalue weighted by Gasteiger charge is -2.08. The van der Waals surface area contributed by atoms with Crippen LogP contribution in [0.1, 0.15) is 23.1 Å². The van der Waals surface area contributed by atoms with Gasteiger partial charge >= 0.3 is 6.03 Å². The first-order valence-electron chi connectivity index (χ1n) is 6.74. The highest BCUT2D eigenvalue weighted by molar-refractivity contribution is 7.05. The molecule has 6 nitrogen and oxygen atoms in total. The number of aromatic nitrogens is 2. The Bertz CT molecular complexity index is 671. The van der Waals surface area contributed by atoms with Crippen molar-refractivity contribution in [2.24, 2.45) is 0 Å². The molecule has 1 aliphatic heterocycles. The van der Waals surface area contributed by atoms with E-state index in [-0.39, 0.29) is 12.1 Å². The fourth-order valence-corrected chi connectivity index (χ4v) is 2.82. The predicted octanol–water partition coefficient (Wildman–Crippen LogP) is 2.49. The number of aryl methyl sites for hydroxylation is 1. The molecule has 0 aliphatic carbocycles. The Kier molecular flexibility index (Phi) is 3.74. The highest BCUT2D eigenvalue weighted by atomic mass is 32.1. The number of rotatable bonds is 3. The van der Waals surface area contributed by atoms with E-state index < -0.39 is 0 Å². The number of carbonyl (C=O) groups is 1. The van der Waals surface area contributed by atoms with Gasteiger partial charge in [0.15, 0.2) is 0 Å². The van der Waals surface area contributed by atoms with E-state index in [2.05, 4.69) is 20.2 Å². The third-order valence-corrected chi connectivity index (χ3v) is 4.13. The van der Waals surface area contributed by atoms with E-state index in [0.717, 1.165) is 34.0 Å². The van der Waals surface area contributed by atoms with Gasteiger partial charge in [-0.05, 0) is 49.1 Å². The molecule has 1 aromatic carbocycles. The number of anilines is 1. The molecule has 7 heteroatoms. The number of carbonyl (C=O) groups excluding carboxylic acids is 1. The van der Waals surface area contributed by atoms with Crippen molar-refractivity contribution < 1.29 is 9.53 Å². The second kappa shape index (κ2) is 5.69. The number of fused-ring (bicyclic) bond motifs is 1. The van der Waals surface area contributed by atoms with Crippen LogP contribution in [-0.4, -0.2) is 21.7 Å². The van der Waals surface area contributed by atoms with Crippen LogP contribution in [0.4, 0.5) is 10.5 Å².